The van der Waals surface area contributed by atoms with Crippen LogP contribution < -0.4 is 5.46 Å². The molecule has 2 heterocycles. The van der Waals surface area contributed by atoms with Crippen LogP contribution in [0, 0.1) is 0 Å². The quantitative estimate of drug-likeness (QED) is 0.639. The molecule has 5 nitrogen and oxygen atoms in total. The first kappa shape index (κ1) is 17.1. The average Bonchev–Trinajstić information content (AvgIpc) is 2.97. The molecule has 0 amide bonds. The summed E-state index contributed by atoms with van der Waals surface area (Å²) >= 11 is 0. The number of fused-ring (bicyclic) bond motifs is 1. The van der Waals surface area contributed by atoms with E-state index in [9.17, 15) is 4.79 Å². The van der Waals surface area contributed by atoms with Crippen LogP contribution in [0.5, 0.6) is 0 Å². The van der Waals surface area contributed by atoms with E-state index >= 15 is 0 Å². The van der Waals surface area contributed by atoms with Crippen LogP contribution in [0.1, 0.15) is 34.6 Å². The van der Waals surface area contributed by atoms with E-state index < -0.39 is 0 Å². The number of nitrogens with zero attached hydrogens (tertiary/aromatic N) is 1. The molecule has 1 aliphatic heterocycles. The summed E-state index contributed by atoms with van der Waals surface area (Å²) in [5.41, 5.74) is 1.25. The third-order valence-electron chi connectivity index (χ3n) is 4.93. The van der Waals surface area contributed by atoms with E-state index in [0.29, 0.717) is 6.61 Å². The second-order valence-electron chi connectivity index (χ2n) is 7.16. The van der Waals surface area contributed by atoms with Gasteiger partial charge in [0.15, 0.2) is 0 Å². The van der Waals surface area contributed by atoms with Gasteiger partial charge in [-0.05, 0) is 57.6 Å². The summed E-state index contributed by atoms with van der Waals surface area (Å²) in [5, 5.41) is 1.05. The summed E-state index contributed by atoms with van der Waals surface area (Å²) in [6.45, 7) is 10.6. The Labute approximate surface area is 143 Å². The number of aromatic nitrogens is 1. The number of ether oxygens (including phenoxy) is 1. The van der Waals surface area contributed by atoms with Crippen molar-refractivity contribution >= 4 is 29.5 Å². The number of rotatable bonds is 4. The molecule has 0 N–H and O–H groups in total. The lowest BCUT2D eigenvalue weighted by atomic mass is 9.79. The number of carbonyl (C=O) groups is 1. The smallest absolute Gasteiger partial charge is 0.465 e. The molecule has 24 heavy (non-hydrogen) atoms. The van der Waals surface area contributed by atoms with Crippen molar-refractivity contribution in [2.75, 3.05) is 6.61 Å². The molecule has 1 aromatic carbocycles. The maximum absolute atomic E-state index is 11.7. The monoisotopic (exact) mass is 329 g/mol. The van der Waals surface area contributed by atoms with Crippen molar-refractivity contribution in [2.24, 2.45) is 0 Å². The molecule has 2 aromatic rings. The van der Waals surface area contributed by atoms with Gasteiger partial charge in [-0.2, -0.15) is 0 Å². The number of hydrogen-bond acceptors (Lipinski definition) is 4. The summed E-state index contributed by atoms with van der Waals surface area (Å²) in [6, 6.07) is 8.03. The van der Waals surface area contributed by atoms with Crippen molar-refractivity contribution < 1.29 is 18.8 Å². The molecule has 6 heteroatoms. The van der Waals surface area contributed by atoms with Gasteiger partial charge >= 0.3 is 13.1 Å². The van der Waals surface area contributed by atoms with Gasteiger partial charge in [-0.3, -0.25) is 4.79 Å². The summed E-state index contributed by atoms with van der Waals surface area (Å²) in [6.07, 6.45) is 1.90. The minimum Gasteiger partial charge on any atom is -0.465 e. The van der Waals surface area contributed by atoms with E-state index in [1.807, 2.05) is 63.6 Å². The standard InChI is InChI=1S/C18H24BNO4/c1-6-22-16(21)12-20-10-9-13-11-14(7-8-15(13)20)19-23-17(2,3)18(4,5)24-19/h7-11H,6,12H2,1-5H3. The van der Waals surface area contributed by atoms with Gasteiger partial charge in [-0.15, -0.1) is 0 Å². The summed E-state index contributed by atoms with van der Waals surface area (Å²) in [4.78, 5) is 11.7. The Morgan fingerprint density at radius 1 is 1.17 bits per heavy atom. The van der Waals surface area contributed by atoms with Gasteiger partial charge in [0.25, 0.3) is 0 Å². The van der Waals surface area contributed by atoms with Gasteiger partial charge in [0.05, 0.1) is 17.8 Å². The first-order valence-electron chi connectivity index (χ1n) is 8.33. The lowest BCUT2D eigenvalue weighted by molar-refractivity contribution is -0.143. The maximum atomic E-state index is 11.7. The number of carbonyl (C=O) groups excluding carboxylic acids is 1. The topological polar surface area (TPSA) is 49.7 Å². The van der Waals surface area contributed by atoms with Gasteiger partial charge in [0.2, 0.25) is 0 Å². The van der Waals surface area contributed by atoms with Crippen LogP contribution in [0.3, 0.4) is 0 Å². The Hall–Kier alpha value is -1.79. The van der Waals surface area contributed by atoms with E-state index in [1.54, 1.807) is 0 Å². The number of esters is 1. The van der Waals surface area contributed by atoms with Crippen LogP contribution in [0.15, 0.2) is 30.5 Å². The number of hydrogen-bond donors (Lipinski definition) is 0. The molecule has 0 bridgehead atoms. The van der Waals surface area contributed by atoms with Crippen LogP contribution >= 0.6 is 0 Å². The van der Waals surface area contributed by atoms with E-state index in [-0.39, 0.29) is 30.8 Å². The molecule has 1 aliphatic rings. The predicted molar refractivity (Wildman–Crippen MR) is 94.3 cm³/mol. The zero-order valence-corrected chi connectivity index (χ0v) is 15.0. The predicted octanol–water partition coefficient (Wildman–Crippen LogP) is 2.50. The minimum absolute atomic E-state index is 0.215. The zero-order valence-electron chi connectivity index (χ0n) is 15.0. The van der Waals surface area contributed by atoms with E-state index in [4.69, 9.17) is 14.0 Å². The van der Waals surface area contributed by atoms with Crippen LogP contribution in [-0.4, -0.2) is 35.5 Å². The van der Waals surface area contributed by atoms with Crippen molar-refractivity contribution in [3.63, 3.8) is 0 Å². The molecule has 1 fully saturated rings. The molecular weight excluding hydrogens is 305 g/mol. The van der Waals surface area contributed by atoms with Crippen molar-refractivity contribution in [1.82, 2.24) is 4.57 Å². The van der Waals surface area contributed by atoms with Crippen molar-refractivity contribution in [1.29, 1.82) is 0 Å². The van der Waals surface area contributed by atoms with Crippen LogP contribution in [0.25, 0.3) is 10.9 Å². The Morgan fingerprint density at radius 2 is 1.83 bits per heavy atom. The molecule has 1 aromatic heterocycles. The summed E-state index contributed by atoms with van der Waals surface area (Å²) in [5.74, 6) is -0.231. The van der Waals surface area contributed by atoms with E-state index in [1.165, 1.54) is 0 Å². The van der Waals surface area contributed by atoms with Crippen LogP contribution in [-0.2, 0) is 25.4 Å². The van der Waals surface area contributed by atoms with Gasteiger partial charge in [-0.25, -0.2) is 0 Å². The zero-order chi connectivity index (χ0) is 17.5. The van der Waals surface area contributed by atoms with Gasteiger partial charge < -0.3 is 18.6 Å². The second-order valence-corrected chi connectivity index (χ2v) is 7.16. The van der Waals surface area contributed by atoms with Gasteiger partial charge in [0.1, 0.15) is 6.54 Å². The lowest BCUT2D eigenvalue weighted by Crippen LogP contribution is -2.41. The maximum Gasteiger partial charge on any atom is 0.494 e. The molecule has 0 unspecified atom stereocenters. The molecule has 0 aliphatic carbocycles. The van der Waals surface area contributed by atoms with E-state index in [0.717, 1.165) is 16.4 Å². The summed E-state index contributed by atoms with van der Waals surface area (Å²) < 4.78 is 19.1. The van der Waals surface area contributed by atoms with Gasteiger partial charge in [0, 0.05) is 11.7 Å². The first-order chi connectivity index (χ1) is 11.2. The lowest BCUT2D eigenvalue weighted by Gasteiger charge is -2.32. The SMILES string of the molecule is CCOC(=O)Cn1ccc2cc(B3OC(C)(C)C(C)(C)O3)ccc21. The minimum atomic E-state index is -0.382. The van der Waals surface area contributed by atoms with Crippen LogP contribution in [0.4, 0.5) is 0 Å². The van der Waals surface area contributed by atoms with E-state index in [2.05, 4.69) is 6.07 Å². The molecule has 0 spiro atoms. The molecule has 0 radical (unpaired) electrons. The fraction of sp³-hybridized carbons (Fsp3) is 0.500. The van der Waals surface area contributed by atoms with Crippen molar-refractivity contribution in [3.8, 4) is 0 Å². The van der Waals surface area contributed by atoms with Crippen molar-refractivity contribution in [3.05, 3.63) is 30.5 Å². The highest BCUT2D eigenvalue weighted by Crippen LogP contribution is 2.36. The average molecular weight is 329 g/mol. The third kappa shape index (κ3) is 2.96. The van der Waals surface area contributed by atoms with Crippen LogP contribution in [0.2, 0.25) is 0 Å². The van der Waals surface area contributed by atoms with Crippen molar-refractivity contribution in [2.45, 2.75) is 52.4 Å². The second kappa shape index (κ2) is 5.94. The highest BCUT2D eigenvalue weighted by Gasteiger charge is 2.51. The fourth-order valence-electron chi connectivity index (χ4n) is 2.83. The molecule has 3 rings (SSSR count). The Balaban J connectivity index is 1.85. The molecule has 128 valence electrons. The number of benzene rings is 1. The largest absolute Gasteiger partial charge is 0.494 e. The summed E-state index contributed by atoms with van der Waals surface area (Å²) in [7, 11) is -0.382. The molecule has 0 atom stereocenters. The molecule has 1 saturated heterocycles. The normalized spacial score (nSPS) is 19.0. The third-order valence-corrected chi connectivity index (χ3v) is 4.93. The first-order valence-corrected chi connectivity index (χ1v) is 8.33. The Kier molecular flexibility index (Phi) is 4.22. The fourth-order valence-corrected chi connectivity index (χ4v) is 2.83. The van der Waals surface area contributed by atoms with Gasteiger partial charge in [-0.1, -0.05) is 12.1 Å². The highest BCUT2D eigenvalue weighted by atomic mass is 16.7. The molecule has 0 saturated carbocycles. The highest BCUT2D eigenvalue weighted by molar-refractivity contribution is 6.62. The molecular formula is C18H24BNO4. The Morgan fingerprint density at radius 3 is 2.46 bits per heavy atom. The Bertz CT molecular complexity index is 749.